The molecule has 0 heterocycles. The standard InChI is InChI=1S/C15H26N2O/c1-6-16-14(15(2,3)17(4)5)11-12-8-7-9-13(18)10-12/h7-10,14,16,18H,6,11H2,1-5H3. The molecule has 0 spiro atoms. The molecule has 0 aromatic heterocycles. The summed E-state index contributed by atoms with van der Waals surface area (Å²) in [5.41, 5.74) is 1.22. The molecular formula is C15H26N2O. The Morgan fingerprint density at radius 3 is 2.50 bits per heavy atom. The molecule has 102 valence electrons. The first kappa shape index (κ1) is 15.0. The van der Waals surface area contributed by atoms with Crippen molar-refractivity contribution in [2.24, 2.45) is 0 Å². The van der Waals surface area contributed by atoms with Crippen molar-refractivity contribution in [1.82, 2.24) is 10.2 Å². The van der Waals surface area contributed by atoms with E-state index in [9.17, 15) is 5.11 Å². The fraction of sp³-hybridized carbons (Fsp3) is 0.600. The van der Waals surface area contributed by atoms with Crippen LogP contribution in [0.2, 0.25) is 0 Å². The van der Waals surface area contributed by atoms with Crippen LogP contribution >= 0.6 is 0 Å². The van der Waals surface area contributed by atoms with Gasteiger partial charge in [0.1, 0.15) is 5.75 Å². The van der Waals surface area contributed by atoms with E-state index in [1.807, 2.05) is 12.1 Å². The van der Waals surface area contributed by atoms with Gasteiger partial charge in [-0.1, -0.05) is 19.1 Å². The van der Waals surface area contributed by atoms with E-state index in [-0.39, 0.29) is 5.54 Å². The van der Waals surface area contributed by atoms with Gasteiger partial charge in [0, 0.05) is 11.6 Å². The largest absolute Gasteiger partial charge is 0.508 e. The van der Waals surface area contributed by atoms with Crippen molar-refractivity contribution >= 4 is 0 Å². The summed E-state index contributed by atoms with van der Waals surface area (Å²) in [5, 5.41) is 13.1. The number of nitrogens with zero attached hydrogens (tertiary/aromatic N) is 1. The number of likely N-dealkylation sites (N-methyl/N-ethyl adjacent to an activating group) is 2. The van der Waals surface area contributed by atoms with Crippen LogP contribution in [0.15, 0.2) is 24.3 Å². The van der Waals surface area contributed by atoms with Crippen molar-refractivity contribution in [3.8, 4) is 5.75 Å². The van der Waals surface area contributed by atoms with Gasteiger partial charge in [-0.25, -0.2) is 0 Å². The maximum absolute atomic E-state index is 9.54. The third kappa shape index (κ3) is 3.72. The van der Waals surface area contributed by atoms with Crippen LogP contribution in [-0.4, -0.2) is 42.2 Å². The zero-order valence-corrected chi connectivity index (χ0v) is 12.2. The van der Waals surface area contributed by atoms with Crippen molar-refractivity contribution < 1.29 is 5.11 Å². The maximum atomic E-state index is 9.54. The smallest absolute Gasteiger partial charge is 0.115 e. The van der Waals surface area contributed by atoms with E-state index in [1.54, 1.807) is 6.07 Å². The first-order chi connectivity index (χ1) is 8.37. The van der Waals surface area contributed by atoms with E-state index >= 15 is 0 Å². The quantitative estimate of drug-likeness (QED) is 0.813. The van der Waals surface area contributed by atoms with Crippen LogP contribution < -0.4 is 5.32 Å². The summed E-state index contributed by atoms with van der Waals surface area (Å²) in [6.45, 7) is 7.55. The van der Waals surface area contributed by atoms with Crippen LogP contribution in [-0.2, 0) is 6.42 Å². The molecule has 3 heteroatoms. The van der Waals surface area contributed by atoms with Gasteiger partial charge < -0.3 is 15.3 Å². The Hall–Kier alpha value is -1.06. The highest BCUT2D eigenvalue weighted by Gasteiger charge is 2.30. The molecule has 1 atom stereocenters. The lowest BCUT2D eigenvalue weighted by Crippen LogP contribution is -2.56. The highest BCUT2D eigenvalue weighted by molar-refractivity contribution is 5.28. The van der Waals surface area contributed by atoms with E-state index in [0.717, 1.165) is 18.5 Å². The van der Waals surface area contributed by atoms with Gasteiger partial charge in [-0.3, -0.25) is 0 Å². The first-order valence-corrected chi connectivity index (χ1v) is 6.56. The lowest BCUT2D eigenvalue weighted by molar-refractivity contribution is 0.138. The second kappa shape index (κ2) is 6.21. The van der Waals surface area contributed by atoms with Gasteiger partial charge in [0.25, 0.3) is 0 Å². The predicted octanol–water partition coefficient (Wildman–Crippen LogP) is 2.25. The summed E-state index contributed by atoms with van der Waals surface area (Å²) in [7, 11) is 4.21. The molecule has 0 saturated heterocycles. The van der Waals surface area contributed by atoms with Crippen molar-refractivity contribution in [3.05, 3.63) is 29.8 Å². The lowest BCUT2D eigenvalue weighted by Gasteiger charge is -2.40. The van der Waals surface area contributed by atoms with Gasteiger partial charge in [-0.2, -0.15) is 0 Å². The first-order valence-electron chi connectivity index (χ1n) is 6.56. The SMILES string of the molecule is CCNC(Cc1cccc(O)c1)C(C)(C)N(C)C. The summed E-state index contributed by atoms with van der Waals surface area (Å²) >= 11 is 0. The van der Waals surface area contributed by atoms with Crippen LogP contribution in [0.1, 0.15) is 26.3 Å². The van der Waals surface area contributed by atoms with Crippen LogP contribution in [0, 0.1) is 0 Å². The number of phenols is 1. The second-order valence-corrected chi connectivity index (χ2v) is 5.53. The molecule has 1 aromatic carbocycles. The average Bonchev–Trinajstić information content (AvgIpc) is 2.28. The zero-order chi connectivity index (χ0) is 13.8. The van der Waals surface area contributed by atoms with E-state index in [2.05, 4.69) is 51.1 Å². The van der Waals surface area contributed by atoms with Gasteiger partial charge in [-0.15, -0.1) is 0 Å². The Labute approximate surface area is 111 Å². The van der Waals surface area contributed by atoms with Crippen molar-refractivity contribution in [3.63, 3.8) is 0 Å². The minimum absolute atomic E-state index is 0.0570. The molecule has 1 aromatic rings. The number of rotatable bonds is 6. The van der Waals surface area contributed by atoms with Crippen LogP contribution in [0.5, 0.6) is 5.75 Å². The third-order valence-electron chi connectivity index (χ3n) is 3.81. The Kier molecular flexibility index (Phi) is 5.17. The third-order valence-corrected chi connectivity index (χ3v) is 3.81. The highest BCUT2D eigenvalue weighted by atomic mass is 16.3. The van der Waals surface area contributed by atoms with Crippen LogP contribution in [0.4, 0.5) is 0 Å². The van der Waals surface area contributed by atoms with Gasteiger partial charge in [0.15, 0.2) is 0 Å². The van der Waals surface area contributed by atoms with E-state index in [0.29, 0.717) is 11.8 Å². The van der Waals surface area contributed by atoms with E-state index in [4.69, 9.17) is 0 Å². The Morgan fingerprint density at radius 1 is 1.33 bits per heavy atom. The monoisotopic (exact) mass is 250 g/mol. The minimum atomic E-state index is 0.0570. The fourth-order valence-electron chi connectivity index (χ4n) is 2.05. The van der Waals surface area contributed by atoms with Gasteiger partial charge in [-0.05, 0) is 58.6 Å². The van der Waals surface area contributed by atoms with Crippen molar-refractivity contribution in [1.29, 1.82) is 0 Å². The van der Waals surface area contributed by atoms with E-state index < -0.39 is 0 Å². The molecule has 1 rings (SSSR count). The lowest BCUT2D eigenvalue weighted by atomic mass is 9.88. The maximum Gasteiger partial charge on any atom is 0.115 e. The average molecular weight is 250 g/mol. The van der Waals surface area contributed by atoms with Gasteiger partial charge in [0.2, 0.25) is 0 Å². The van der Waals surface area contributed by atoms with Crippen molar-refractivity contribution in [2.75, 3.05) is 20.6 Å². The van der Waals surface area contributed by atoms with Gasteiger partial charge in [0.05, 0.1) is 0 Å². The summed E-state index contributed by atoms with van der Waals surface area (Å²) in [5.74, 6) is 0.338. The van der Waals surface area contributed by atoms with Crippen LogP contribution in [0.25, 0.3) is 0 Å². The molecule has 2 N–H and O–H groups in total. The molecule has 1 unspecified atom stereocenters. The Morgan fingerprint density at radius 2 is 2.00 bits per heavy atom. The molecular weight excluding hydrogens is 224 g/mol. The zero-order valence-electron chi connectivity index (χ0n) is 12.2. The number of hydrogen-bond acceptors (Lipinski definition) is 3. The summed E-state index contributed by atoms with van der Waals surface area (Å²) in [6, 6.07) is 7.87. The fourth-order valence-corrected chi connectivity index (χ4v) is 2.05. The Balaban J connectivity index is 2.87. The molecule has 0 fully saturated rings. The number of aromatic hydroxyl groups is 1. The molecule has 0 aliphatic rings. The molecule has 18 heavy (non-hydrogen) atoms. The molecule has 0 amide bonds. The predicted molar refractivity (Wildman–Crippen MR) is 77.0 cm³/mol. The number of benzene rings is 1. The number of phenolic OH excluding ortho intramolecular Hbond substituents is 1. The van der Waals surface area contributed by atoms with E-state index in [1.165, 1.54) is 0 Å². The molecule has 3 nitrogen and oxygen atoms in total. The molecule has 0 saturated carbocycles. The second-order valence-electron chi connectivity index (χ2n) is 5.53. The normalized spacial score (nSPS) is 13.9. The summed E-state index contributed by atoms with van der Waals surface area (Å²) < 4.78 is 0. The molecule has 0 radical (unpaired) electrons. The summed E-state index contributed by atoms with van der Waals surface area (Å²) in [6.07, 6.45) is 0.910. The Bertz CT molecular complexity index is 375. The minimum Gasteiger partial charge on any atom is -0.508 e. The molecule has 0 aliphatic heterocycles. The highest BCUT2D eigenvalue weighted by Crippen LogP contribution is 2.21. The summed E-state index contributed by atoms with van der Waals surface area (Å²) in [4.78, 5) is 2.24. The topological polar surface area (TPSA) is 35.5 Å². The van der Waals surface area contributed by atoms with Crippen LogP contribution in [0.3, 0.4) is 0 Å². The molecule has 0 bridgehead atoms. The molecule has 0 aliphatic carbocycles. The van der Waals surface area contributed by atoms with Gasteiger partial charge >= 0.3 is 0 Å². The van der Waals surface area contributed by atoms with Crippen molar-refractivity contribution in [2.45, 2.75) is 38.8 Å². The number of hydrogen-bond donors (Lipinski definition) is 2. The number of nitrogens with one attached hydrogen (secondary N) is 1.